The Morgan fingerprint density at radius 3 is 2.47 bits per heavy atom. The van der Waals surface area contributed by atoms with E-state index >= 15 is 0 Å². The molecule has 0 aromatic heterocycles. The van der Waals surface area contributed by atoms with Crippen LogP contribution in [0.25, 0.3) is 0 Å². The summed E-state index contributed by atoms with van der Waals surface area (Å²) in [5.74, 6) is -0.0446. The Balaban J connectivity index is 2.10. The van der Waals surface area contributed by atoms with Crippen LogP contribution in [0.5, 0.6) is 0 Å². The maximum atomic E-state index is 11.1. The second kappa shape index (κ2) is 5.62. The number of carbonyl (C=O) groups is 1. The normalized spacial score (nSPS) is 16.6. The first-order valence-electron chi connectivity index (χ1n) is 5.46. The van der Waals surface area contributed by atoms with Crippen molar-refractivity contribution < 1.29 is 9.72 Å². The molecule has 0 spiro atoms. The number of benzene rings is 1. The average Bonchev–Trinajstić information content (AvgIpc) is 2.38. The molecule has 2 rings (SSSR count). The van der Waals surface area contributed by atoms with E-state index in [9.17, 15) is 14.9 Å². The molecular formula is C13H10N2O3S. The summed E-state index contributed by atoms with van der Waals surface area (Å²) in [5, 5.41) is 10.5. The highest BCUT2D eigenvalue weighted by atomic mass is 32.2. The maximum Gasteiger partial charge on any atom is 0.269 e. The SMILES string of the molecule is CC1=CC(=O)C=CC1=NSc1ccc([N+](=O)[O-])cc1. The highest BCUT2D eigenvalue weighted by Gasteiger charge is 2.08. The van der Waals surface area contributed by atoms with Crippen LogP contribution in [-0.4, -0.2) is 16.4 Å². The highest BCUT2D eigenvalue weighted by Crippen LogP contribution is 2.23. The molecule has 1 aliphatic carbocycles. The number of allylic oxidation sites excluding steroid dienone is 4. The predicted molar refractivity (Wildman–Crippen MR) is 74.3 cm³/mol. The van der Waals surface area contributed by atoms with Crippen molar-refractivity contribution in [3.05, 3.63) is 58.2 Å². The molecule has 0 N–H and O–H groups in total. The molecular weight excluding hydrogens is 264 g/mol. The predicted octanol–water partition coefficient (Wildman–Crippen LogP) is 3.13. The molecule has 0 amide bonds. The third-order valence-corrected chi connectivity index (χ3v) is 3.24. The number of hydrogen-bond acceptors (Lipinski definition) is 5. The Hall–Kier alpha value is -2.21. The first kappa shape index (κ1) is 13.2. The first-order chi connectivity index (χ1) is 9.06. The third kappa shape index (κ3) is 3.38. The van der Waals surface area contributed by atoms with Crippen molar-refractivity contribution in [3.63, 3.8) is 0 Å². The maximum absolute atomic E-state index is 11.1. The van der Waals surface area contributed by atoms with Gasteiger partial charge in [-0.1, -0.05) is 0 Å². The summed E-state index contributed by atoms with van der Waals surface area (Å²) in [5.41, 5.74) is 1.58. The highest BCUT2D eigenvalue weighted by molar-refractivity contribution is 7.98. The van der Waals surface area contributed by atoms with Crippen LogP contribution in [0.1, 0.15) is 6.92 Å². The molecule has 0 saturated carbocycles. The monoisotopic (exact) mass is 274 g/mol. The Bertz CT molecular complexity index is 615. The van der Waals surface area contributed by atoms with Gasteiger partial charge < -0.3 is 0 Å². The van der Waals surface area contributed by atoms with E-state index in [1.807, 2.05) is 6.92 Å². The van der Waals surface area contributed by atoms with E-state index in [2.05, 4.69) is 4.40 Å². The Labute approximate surface area is 114 Å². The molecule has 1 aromatic rings. The lowest BCUT2D eigenvalue weighted by molar-refractivity contribution is -0.384. The Morgan fingerprint density at radius 2 is 1.89 bits per heavy atom. The molecule has 0 fully saturated rings. The van der Waals surface area contributed by atoms with Crippen LogP contribution in [0.4, 0.5) is 5.69 Å². The lowest BCUT2D eigenvalue weighted by Gasteiger charge is -2.05. The number of rotatable bonds is 3. The largest absolute Gasteiger partial charge is 0.290 e. The number of nitrogens with zero attached hydrogens (tertiary/aromatic N) is 2. The number of hydrogen-bond donors (Lipinski definition) is 0. The van der Waals surface area contributed by atoms with E-state index in [4.69, 9.17) is 0 Å². The van der Waals surface area contributed by atoms with Gasteiger partial charge in [-0.25, -0.2) is 4.40 Å². The molecule has 1 aromatic carbocycles. The fourth-order valence-electron chi connectivity index (χ4n) is 1.46. The fraction of sp³-hybridized carbons (Fsp3) is 0.0769. The number of nitro benzene ring substituents is 1. The standard InChI is InChI=1S/C13H10N2O3S/c1-9-8-11(16)4-7-13(9)14-19-12-5-2-10(3-6-12)15(17)18/h2-8H,1H3. The van der Waals surface area contributed by atoms with Gasteiger partial charge in [-0.05, 0) is 42.9 Å². The molecule has 0 atom stereocenters. The zero-order valence-corrected chi connectivity index (χ0v) is 10.9. The van der Waals surface area contributed by atoms with Crippen molar-refractivity contribution in [2.45, 2.75) is 11.8 Å². The van der Waals surface area contributed by atoms with Crippen molar-refractivity contribution in [1.82, 2.24) is 0 Å². The zero-order chi connectivity index (χ0) is 13.8. The van der Waals surface area contributed by atoms with Gasteiger partial charge in [0.25, 0.3) is 5.69 Å². The van der Waals surface area contributed by atoms with Crippen molar-refractivity contribution in [2.24, 2.45) is 4.40 Å². The molecule has 0 unspecified atom stereocenters. The summed E-state index contributed by atoms with van der Waals surface area (Å²) < 4.78 is 4.30. The molecule has 19 heavy (non-hydrogen) atoms. The second-order valence-electron chi connectivity index (χ2n) is 3.88. The third-order valence-electron chi connectivity index (χ3n) is 2.47. The van der Waals surface area contributed by atoms with Gasteiger partial charge in [0.2, 0.25) is 0 Å². The quantitative estimate of drug-likeness (QED) is 0.367. The molecule has 96 valence electrons. The summed E-state index contributed by atoms with van der Waals surface area (Å²) in [6.07, 6.45) is 4.65. The summed E-state index contributed by atoms with van der Waals surface area (Å²) in [7, 11) is 0. The minimum Gasteiger partial charge on any atom is -0.290 e. The second-order valence-corrected chi connectivity index (χ2v) is 4.72. The van der Waals surface area contributed by atoms with Crippen LogP contribution in [0.15, 0.2) is 57.4 Å². The number of non-ortho nitro benzene ring substituents is 1. The first-order valence-corrected chi connectivity index (χ1v) is 6.24. The van der Waals surface area contributed by atoms with Crippen LogP contribution in [-0.2, 0) is 4.79 Å². The molecule has 0 bridgehead atoms. The van der Waals surface area contributed by atoms with Gasteiger partial charge in [-0.15, -0.1) is 0 Å². The summed E-state index contributed by atoms with van der Waals surface area (Å²) in [4.78, 5) is 22.0. The molecule has 1 aliphatic rings. The van der Waals surface area contributed by atoms with Crippen molar-refractivity contribution in [1.29, 1.82) is 0 Å². The van der Waals surface area contributed by atoms with E-state index in [0.29, 0.717) is 0 Å². The van der Waals surface area contributed by atoms with Crippen LogP contribution < -0.4 is 0 Å². The van der Waals surface area contributed by atoms with Crippen LogP contribution in [0.2, 0.25) is 0 Å². The van der Waals surface area contributed by atoms with Crippen LogP contribution in [0.3, 0.4) is 0 Å². The van der Waals surface area contributed by atoms with Crippen molar-refractivity contribution >= 4 is 29.1 Å². The van der Waals surface area contributed by atoms with Gasteiger partial charge in [0.1, 0.15) is 0 Å². The van der Waals surface area contributed by atoms with Crippen LogP contribution in [0, 0.1) is 10.1 Å². The lowest BCUT2D eigenvalue weighted by atomic mass is 10.1. The van der Waals surface area contributed by atoms with E-state index < -0.39 is 4.92 Å². The Kier molecular flexibility index (Phi) is 3.91. The minimum absolute atomic E-state index is 0.0446. The molecule has 6 heteroatoms. The van der Waals surface area contributed by atoms with Gasteiger partial charge in [-0.2, -0.15) is 0 Å². The average molecular weight is 274 g/mol. The number of nitro groups is 1. The Morgan fingerprint density at radius 1 is 1.21 bits per heavy atom. The molecule has 5 nitrogen and oxygen atoms in total. The minimum atomic E-state index is -0.442. The number of ketones is 1. The van der Waals surface area contributed by atoms with E-state index in [-0.39, 0.29) is 11.5 Å². The van der Waals surface area contributed by atoms with E-state index in [1.54, 1.807) is 18.2 Å². The smallest absolute Gasteiger partial charge is 0.269 e. The summed E-state index contributed by atoms with van der Waals surface area (Å²) in [6.45, 7) is 1.82. The molecule has 0 saturated heterocycles. The number of carbonyl (C=O) groups excluding carboxylic acids is 1. The fourth-order valence-corrected chi connectivity index (χ4v) is 2.13. The molecule has 0 heterocycles. The molecule has 0 aliphatic heterocycles. The van der Waals surface area contributed by atoms with Gasteiger partial charge in [-0.3, -0.25) is 14.9 Å². The van der Waals surface area contributed by atoms with Gasteiger partial charge in [0.05, 0.1) is 10.6 Å². The van der Waals surface area contributed by atoms with Crippen molar-refractivity contribution in [3.8, 4) is 0 Å². The molecule has 0 radical (unpaired) electrons. The lowest BCUT2D eigenvalue weighted by Crippen LogP contribution is -2.04. The van der Waals surface area contributed by atoms with E-state index in [1.165, 1.54) is 36.2 Å². The topological polar surface area (TPSA) is 72.6 Å². The van der Waals surface area contributed by atoms with Gasteiger partial charge >= 0.3 is 0 Å². The summed E-state index contributed by atoms with van der Waals surface area (Å²) >= 11 is 1.21. The van der Waals surface area contributed by atoms with Crippen LogP contribution >= 0.6 is 11.9 Å². The zero-order valence-electron chi connectivity index (χ0n) is 10.1. The van der Waals surface area contributed by atoms with E-state index in [0.717, 1.165) is 16.2 Å². The van der Waals surface area contributed by atoms with Gasteiger partial charge in [0, 0.05) is 29.0 Å². The van der Waals surface area contributed by atoms with Crippen molar-refractivity contribution in [2.75, 3.05) is 0 Å². The van der Waals surface area contributed by atoms with Gasteiger partial charge in [0.15, 0.2) is 5.78 Å². The summed E-state index contributed by atoms with van der Waals surface area (Å²) in [6, 6.07) is 6.16.